The van der Waals surface area contributed by atoms with Gasteiger partial charge in [0.1, 0.15) is 17.5 Å². The average Bonchev–Trinajstić information content (AvgIpc) is 2.84. The monoisotopic (exact) mass is 447 g/mol. The molecule has 1 unspecified atom stereocenters. The first kappa shape index (κ1) is 22.7. The minimum absolute atomic E-state index is 0.0984. The molecule has 0 aliphatic carbocycles. The minimum atomic E-state index is -0.272. The Labute approximate surface area is 194 Å². The summed E-state index contributed by atoms with van der Waals surface area (Å²) in [7, 11) is 1.82. The first-order chi connectivity index (χ1) is 16.0. The van der Waals surface area contributed by atoms with Gasteiger partial charge in [-0.25, -0.2) is 14.4 Å². The molecule has 0 radical (unpaired) electrons. The van der Waals surface area contributed by atoms with E-state index in [0.29, 0.717) is 25.2 Å². The number of carbonyl (C=O) groups is 1. The van der Waals surface area contributed by atoms with Crippen LogP contribution in [-0.2, 0) is 4.79 Å². The lowest BCUT2D eigenvalue weighted by Gasteiger charge is -2.33. The van der Waals surface area contributed by atoms with Gasteiger partial charge in [0, 0.05) is 50.9 Å². The number of para-hydroxylation sites is 1. The van der Waals surface area contributed by atoms with Crippen LogP contribution in [0.5, 0.6) is 0 Å². The second-order valence-corrected chi connectivity index (χ2v) is 8.54. The molecule has 3 aromatic rings. The maximum atomic E-state index is 14.0. The van der Waals surface area contributed by atoms with Crippen molar-refractivity contribution in [2.75, 3.05) is 36.9 Å². The molecule has 1 saturated heterocycles. The predicted molar refractivity (Wildman–Crippen MR) is 129 cm³/mol. The van der Waals surface area contributed by atoms with Crippen molar-refractivity contribution < 1.29 is 9.18 Å². The Hall–Kier alpha value is -3.48. The number of aromatic nitrogens is 2. The molecule has 0 saturated carbocycles. The van der Waals surface area contributed by atoms with Crippen molar-refractivity contribution in [2.45, 2.75) is 32.1 Å². The lowest BCUT2D eigenvalue weighted by Crippen LogP contribution is -2.40. The van der Waals surface area contributed by atoms with E-state index in [4.69, 9.17) is 4.98 Å². The van der Waals surface area contributed by atoms with Crippen LogP contribution in [0.25, 0.3) is 0 Å². The number of hydrogen-bond acceptors (Lipinski definition) is 5. The molecule has 4 rings (SSSR count). The first-order valence-corrected chi connectivity index (χ1v) is 11.4. The topological polar surface area (TPSA) is 61.4 Å². The Morgan fingerprint density at radius 1 is 1.18 bits per heavy atom. The normalized spacial score (nSPS) is 15.8. The Balaban J connectivity index is 1.36. The highest BCUT2D eigenvalue weighted by molar-refractivity contribution is 5.77. The number of rotatable bonds is 7. The molecule has 3 heterocycles. The van der Waals surface area contributed by atoms with Gasteiger partial charge in [-0.3, -0.25) is 4.79 Å². The van der Waals surface area contributed by atoms with Crippen LogP contribution in [0.2, 0.25) is 0 Å². The predicted octanol–water partition coefficient (Wildman–Crippen LogP) is 4.90. The Morgan fingerprint density at radius 2 is 2.03 bits per heavy atom. The fourth-order valence-corrected chi connectivity index (χ4v) is 4.23. The number of nitrogens with one attached hydrogen (secondary N) is 1. The van der Waals surface area contributed by atoms with E-state index in [2.05, 4.69) is 10.3 Å². The molecule has 0 spiro atoms. The van der Waals surface area contributed by atoms with Crippen molar-refractivity contribution in [3.8, 4) is 0 Å². The molecule has 6 nitrogen and oxygen atoms in total. The number of halogens is 1. The number of amides is 1. The van der Waals surface area contributed by atoms with Gasteiger partial charge in [-0.1, -0.05) is 24.3 Å². The molecule has 1 aliphatic heterocycles. The lowest BCUT2D eigenvalue weighted by atomic mass is 9.94. The van der Waals surface area contributed by atoms with E-state index in [1.54, 1.807) is 29.3 Å². The Morgan fingerprint density at radius 3 is 2.85 bits per heavy atom. The summed E-state index contributed by atoms with van der Waals surface area (Å²) < 4.78 is 14.0. The Kier molecular flexibility index (Phi) is 7.17. The Bertz CT molecular complexity index is 1110. The summed E-state index contributed by atoms with van der Waals surface area (Å²) in [5.74, 6) is 1.57. The molecular formula is C26H30FN5O. The van der Waals surface area contributed by atoms with Crippen LogP contribution >= 0.6 is 0 Å². The number of benzene rings is 1. The van der Waals surface area contributed by atoms with Gasteiger partial charge in [-0.2, -0.15) is 0 Å². The van der Waals surface area contributed by atoms with Gasteiger partial charge in [-0.05, 0) is 55.7 Å². The first-order valence-electron chi connectivity index (χ1n) is 11.4. The third-order valence-corrected chi connectivity index (χ3v) is 6.14. The zero-order valence-corrected chi connectivity index (χ0v) is 19.2. The van der Waals surface area contributed by atoms with Gasteiger partial charge in [0.25, 0.3) is 0 Å². The second kappa shape index (κ2) is 10.4. The lowest BCUT2D eigenvalue weighted by molar-refractivity contribution is -0.132. The highest BCUT2D eigenvalue weighted by atomic mass is 19.1. The summed E-state index contributed by atoms with van der Waals surface area (Å²) >= 11 is 0. The molecular weight excluding hydrogens is 417 g/mol. The van der Waals surface area contributed by atoms with Gasteiger partial charge in [0.05, 0.1) is 5.69 Å². The molecule has 1 aliphatic rings. The number of hydrogen-bond donors (Lipinski definition) is 1. The molecule has 1 N–H and O–H groups in total. The van der Waals surface area contributed by atoms with Crippen LogP contribution in [0.3, 0.4) is 0 Å². The molecule has 33 heavy (non-hydrogen) atoms. The van der Waals surface area contributed by atoms with Crippen LogP contribution in [0.4, 0.5) is 21.7 Å². The third-order valence-electron chi connectivity index (χ3n) is 6.14. The maximum Gasteiger partial charge on any atom is 0.224 e. The van der Waals surface area contributed by atoms with Gasteiger partial charge >= 0.3 is 0 Å². The van der Waals surface area contributed by atoms with Gasteiger partial charge in [0.15, 0.2) is 0 Å². The number of aryl methyl sites for hydroxylation is 1. The van der Waals surface area contributed by atoms with E-state index < -0.39 is 0 Å². The molecule has 0 bridgehead atoms. The van der Waals surface area contributed by atoms with E-state index in [1.165, 1.54) is 6.07 Å². The molecule has 1 atom stereocenters. The van der Waals surface area contributed by atoms with Gasteiger partial charge in [-0.15, -0.1) is 0 Å². The van der Waals surface area contributed by atoms with Crippen LogP contribution in [-0.4, -0.2) is 47.5 Å². The standard InChI is InChI=1S/C26H30FN5O/c1-19-8-6-15-28-26(19)30-24-13-5-11-22(29-24)20-9-7-16-32(18-20)25(33)14-17-31(2)23-12-4-3-10-21(23)27/h3-6,8,10-13,15,20H,7,9,14,16-18H2,1-2H3,(H,28,29,30). The van der Waals surface area contributed by atoms with Crippen molar-refractivity contribution in [3.05, 3.63) is 77.9 Å². The van der Waals surface area contributed by atoms with Crippen molar-refractivity contribution in [1.29, 1.82) is 0 Å². The highest BCUT2D eigenvalue weighted by Crippen LogP contribution is 2.28. The third kappa shape index (κ3) is 5.66. The van der Waals surface area contributed by atoms with E-state index in [1.807, 2.05) is 49.2 Å². The maximum absolute atomic E-state index is 14.0. The molecule has 172 valence electrons. The molecule has 1 aromatic carbocycles. The number of anilines is 3. The second-order valence-electron chi connectivity index (χ2n) is 8.54. The summed E-state index contributed by atoms with van der Waals surface area (Å²) in [4.78, 5) is 25.8. The van der Waals surface area contributed by atoms with Gasteiger partial charge < -0.3 is 15.1 Å². The van der Waals surface area contributed by atoms with Gasteiger partial charge in [0.2, 0.25) is 5.91 Å². The summed E-state index contributed by atoms with van der Waals surface area (Å²) in [6.07, 6.45) is 4.05. The summed E-state index contributed by atoms with van der Waals surface area (Å²) in [5.41, 5.74) is 2.55. The number of likely N-dealkylation sites (tertiary alicyclic amines) is 1. The van der Waals surface area contributed by atoms with Crippen LogP contribution in [0.1, 0.15) is 36.4 Å². The molecule has 1 amide bonds. The number of pyridine rings is 2. The van der Waals surface area contributed by atoms with E-state index >= 15 is 0 Å². The summed E-state index contributed by atoms with van der Waals surface area (Å²) in [5, 5.41) is 3.30. The van der Waals surface area contributed by atoms with Crippen LogP contribution in [0, 0.1) is 12.7 Å². The van der Waals surface area contributed by atoms with E-state index in [9.17, 15) is 9.18 Å². The fourth-order valence-electron chi connectivity index (χ4n) is 4.23. The quantitative estimate of drug-likeness (QED) is 0.558. The van der Waals surface area contributed by atoms with Crippen LogP contribution < -0.4 is 10.2 Å². The largest absolute Gasteiger partial charge is 0.372 e. The average molecular weight is 448 g/mol. The molecule has 2 aromatic heterocycles. The number of piperidine rings is 1. The summed E-state index contributed by atoms with van der Waals surface area (Å²) in [6.45, 7) is 3.89. The van der Waals surface area contributed by atoms with Crippen molar-refractivity contribution >= 4 is 23.2 Å². The SMILES string of the molecule is Cc1cccnc1Nc1cccc(C2CCCN(C(=O)CCN(C)c3ccccc3F)C2)n1. The zero-order chi connectivity index (χ0) is 23.2. The highest BCUT2D eigenvalue weighted by Gasteiger charge is 2.26. The fraction of sp³-hybridized carbons (Fsp3) is 0.346. The molecule has 1 fully saturated rings. The zero-order valence-electron chi connectivity index (χ0n) is 19.2. The smallest absolute Gasteiger partial charge is 0.224 e. The van der Waals surface area contributed by atoms with Crippen molar-refractivity contribution in [2.24, 2.45) is 0 Å². The minimum Gasteiger partial charge on any atom is -0.372 e. The van der Waals surface area contributed by atoms with E-state index in [-0.39, 0.29) is 17.6 Å². The van der Waals surface area contributed by atoms with Crippen molar-refractivity contribution in [3.63, 3.8) is 0 Å². The molecule has 7 heteroatoms. The number of nitrogens with zero attached hydrogens (tertiary/aromatic N) is 4. The number of carbonyl (C=O) groups excluding carboxylic acids is 1. The summed E-state index contributed by atoms with van der Waals surface area (Å²) in [6, 6.07) is 16.5. The van der Waals surface area contributed by atoms with E-state index in [0.717, 1.165) is 42.3 Å². The van der Waals surface area contributed by atoms with Crippen LogP contribution in [0.15, 0.2) is 60.8 Å². The van der Waals surface area contributed by atoms with Crippen molar-refractivity contribution in [1.82, 2.24) is 14.9 Å².